The summed E-state index contributed by atoms with van der Waals surface area (Å²) in [7, 11) is 0. The number of thiazole rings is 1. The number of hydrogen-bond acceptors (Lipinski definition) is 4. The van der Waals surface area contributed by atoms with Gasteiger partial charge in [0.25, 0.3) is 0 Å². The number of carbonyl (C=O) groups excluding carboxylic acids is 1. The smallest absolute Gasteiger partial charge is 0.223 e. The lowest BCUT2D eigenvalue weighted by atomic mass is 9.92. The van der Waals surface area contributed by atoms with Gasteiger partial charge in [-0.05, 0) is 37.8 Å². The van der Waals surface area contributed by atoms with Gasteiger partial charge >= 0.3 is 0 Å². The van der Waals surface area contributed by atoms with Crippen LogP contribution in [-0.4, -0.2) is 30.0 Å². The van der Waals surface area contributed by atoms with Crippen molar-refractivity contribution >= 4 is 32.6 Å². The van der Waals surface area contributed by atoms with Crippen molar-refractivity contribution < 1.29 is 9.18 Å². The molecule has 25 heavy (non-hydrogen) atoms. The minimum atomic E-state index is -0.262. The summed E-state index contributed by atoms with van der Waals surface area (Å²) < 4.78 is 14.7. The first-order chi connectivity index (χ1) is 12.2. The molecule has 1 aromatic heterocycles. The van der Waals surface area contributed by atoms with Crippen LogP contribution in [0.25, 0.3) is 10.2 Å². The Bertz CT molecular complexity index is 748. The van der Waals surface area contributed by atoms with Crippen LogP contribution in [0.5, 0.6) is 0 Å². The third-order valence-electron chi connectivity index (χ3n) is 5.45. The molecular formula is C19H24FN3OS. The molecular weight excluding hydrogens is 337 g/mol. The Labute approximate surface area is 151 Å². The highest BCUT2D eigenvalue weighted by Gasteiger charge is 2.28. The summed E-state index contributed by atoms with van der Waals surface area (Å²) in [6.45, 7) is 1.62. The van der Waals surface area contributed by atoms with Gasteiger partial charge in [0.2, 0.25) is 5.91 Å². The number of aromatic nitrogens is 1. The first-order valence-electron chi connectivity index (χ1n) is 9.31. The number of amides is 1. The van der Waals surface area contributed by atoms with Gasteiger partial charge in [-0.1, -0.05) is 36.7 Å². The Morgan fingerprint density at radius 2 is 1.92 bits per heavy atom. The molecule has 1 aromatic carbocycles. The van der Waals surface area contributed by atoms with E-state index in [0.29, 0.717) is 11.6 Å². The average Bonchev–Trinajstić information content (AvgIpc) is 3.08. The van der Waals surface area contributed by atoms with Crippen LogP contribution in [-0.2, 0) is 4.79 Å². The second-order valence-corrected chi connectivity index (χ2v) is 8.20. The lowest BCUT2D eigenvalue weighted by Gasteiger charge is -2.32. The van der Waals surface area contributed by atoms with Gasteiger partial charge in [0.1, 0.15) is 11.3 Å². The summed E-state index contributed by atoms with van der Waals surface area (Å²) in [5.74, 6) is 0.0629. The maximum absolute atomic E-state index is 13.8. The molecule has 1 aliphatic carbocycles. The number of rotatable bonds is 3. The van der Waals surface area contributed by atoms with Crippen LogP contribution in [0, 0.1) is 11.7 Å². The summed E-state index contributed by atoms with van der Waals surface area (Å²) >= 11 is 1.53. The summed E-state index contributed by atoms with van der Waals surface area (Å²) in [6, 6.07) is 5.46. The van der Waals surface area contributed by atoms with E-state index in [-0.39, 0.29) is 17.6 Å². The molecule has 0 unspecified atom stereocenters. The molecule has 2 fully saturated rings. The van der Waals surface area contributed by atoms with Gasteiger partial charge in [0, 0.05) is 25.0 Å². The lowest BCUT2D eigenvalue weighted by molar-refractivity contribution is -0.126. The Balaban J connectivity index is 1.35. The third-order valence-corrected chi connectivity index (χ3v) is 6.53. The van der Waals surface area contributed by atoms with Crippen LogP contribution in [0.3, 0.4) is 0 Å². The molecule has 0 atom stereocenters. The number of fused-ring (bicyclic) bond motifs is 1. The highest BCUT2D eigenvalue weighted by atomic mass is 32.1. The zero-order valence-electron chi connectivity index (χ0n) is 14.3. The monoisotopic (exact) mass is 361 g/mol. The Morgan fingerprint density at radius 3 is 2.64 bits per heavy atom. The molecule has 1 aliphatic heterocycles. The molecule has 2 aromatic rings. The average molecular weight is 361 g/mol. The van der Waals surface area contributed by atoms with Crippen molar-refractivity contribution in [1.82, 2.24) is 10.3 Å². The van der Waals surface area contributed by atoms with Crippen molar-refractivity contribution in [2.45, 2.75) is 51.0 Å². The minimum Gasteiger partial charge on any atom is -0.353 e. The Hall–Kier alpha value is -1.69. The molecule has 4 rings (SSSR count). The predicted molar refractivity (Wildman–Crippen MR) is 99.5 cm³/mol. The van der Waals surface area contributed by atoms with Crippen LogP contribution in [0.1, 0.15) is 44.9 Å². The predicted octanol–water partition coefficient (Wildman–Crippen LogP) is 4.10. The highest BCUT2D eigenvalue weighted by molar-refractivity contribution is 7.22. The van der Waals surface area contributed by atoms with E-state index in [0.717, 1.165) is 48.6 Å². The van der Waals surface area contributed by atoms with E-state index in [9.17, 15) is 9.18 Å². The van der Waals surface area contributed by atoms with E-state index in [1.54, 1.807) is 6.07 Å². The molecule has 1 saturated heterocycles. The van der Waals surface area contributed by atoms with Gasteiger partial charge in [-0.25, -0.2) is 9.37 Å². The molecule has 0 bridgehead atoms. The molecule has 0 spiro atoms. The fourth-order valence-corrected chi connectivity index (χ4v) is 4.97. The lowest BCUT2D eigenvalue weighted by Crippen LogP contribution is -2.44. The number of benzene rings is 1. The van der Waals surface area contributed by atoms with Crippen LogP contribution in [0.2, 0.25) is 0 Å². The molecule has 0 radical (unpaired) electrons. The van der Waals surface area contributed by atoms with Gasteiger partial charge in [-0.15, -0.1) is 0 Å². The largest absolute Gasteiger partial charge is 0.353 e. The molecule has 1 saturated carbocycles. The molecule has 1 N–H and O–H groups in total. The maximum Gasteiger partial charge on any atom is 0.223 e. The second kappa shape index (κ2) is 7.28. The van der Waals surface area contributed by atoms with E-state index in [1.165, 1.54) is 36.7 Å². The van der Waals surface area contributed by atoms with E-state index < -0.39 is 0 Å². The molecule has 134 valence electrons. The van der Waals surface area contributed by atoms with Crippen molar-refractivity contribution in [3.63, 3.8) is 0 Å². The molecule has 2 aliphatic rings. The SMILES string of the molecule is O=C(NC1CCCCC1)C1CCN(c2nc3c(F)cccc3s2)CC1. The van der Waals surface area contributed by atoms with Crippen molar-refractivity contribution in [2.75, 3.05) is 18.0 Å². The standard InChI is InChI=1S/C19H24FN3OS/c20-15-7-4-8-16-17(15)22-19(25-16)23-11-9-13(10-12-23)18(24)21-14-5-2-1-3-6-14/h4,7-8,13-14H,1-3,5-6,9-12H2,(H,21,24). The van der Waals surface area contributed by atoms with Gasteiger partial charge in [0.15, 0.2) is 5.13 Å². The summed E-state index contributed by atoms with van der Waals surface area (Å²) in [6.07, 6.45) is 7.71. The normalized spacial score (nSPS) is 20.1. The summed E-state index contributed by atoms with van der Waals surface area (Å²) in [5.41, 5.74) is 0.458. The van der Waals surface area contributed by atoms with Gasteiger partial charge in [0.05, 0.1) is 4.70 Å². The van der Waals surface area contributed by atoms with Gasteiger partial charge in [-0.3, -0.25) is 4.79 Å². The number of nitrogens with one attached hydrogen (secondary N) is 1. The van der Waals surface area contributed by atoms with E-state index in [2.05, 4.69) is 15.2 Å². The fraction of sp³-hybridized carbons (Fsp3) is 0.579. The fourth-order valence-electron chi connectivity index (χ4n) is 3.94. The molecule has 6 heteroatoms. The first-order valence-corrected chi connectivity index (χ1v) is 10.1. The zero-order chi connectivity index (χ0) is 17.2. The van der Waals surface area contributed by atoms with E-state index in [1.807, 2.05) is 6.07 Å². The number of hydrogen-bond donors (Lipinski definition) is 1. The highest BCUT2D eigenvalue weighted by Crippen LogP contribution is 2.32. The number of carbonyl (C=O) groups is 1. The molecule has 2 heterocycles. The maximum atomic E-state index is 13.8. The van der Waals surface area contributed by atoms with Gasteiger partial charge < -0.3 is 10.2 Å². The number of anilines is 1. The number of piperidine rings is 1. The summed E-state index contributed by atoms with van der Waals surface area (Å²) in [4.78, 5) is 19.2. The van der Waals surface area contributed by atoms with E-state index in [4.69, 9.17) is 0 Å². The Kier molecular flexibility index (Phi) is 4.88. The Morgan fingerprint density at radius 1 is 1.16 bits per heavy atom. The zero-order valence-corrected chi connectivity index (χ0v) is 15.2. The minimum absolute atomic E-state index is 0.101. The number of nitrogens with zero attached hydrogens (tertiary/aromatic N) is 2. The number of halogens is 1. The van der Waals surface area contributed by atoms with Crippen LogP contribution < -0.4 is 10.2 Å². The molecule has 1 amide bonds. The van der Waals surface area contributed by atoms with Crippen molar-refractivity contribution in [1.29, 1.82) is 0 Å². The quantitative estimate of drug-likeness (QED) is 0.895. The van der Waals surface area contributed by atoms with E-state index >= 15 is 0 Å². The van der Waals surface area contributed by atoms with Crippen molar-refractivity contribution in [3.05, 3.63) is 24.0 Å². The van der Waals surface area contributed by atoms with Crippen LogP contribution in [0.15, 0.2) is 18.2 Å². The molecule has 4 nitrogen and oxygen atoms in total. The number of para-hydroxylation sites is 1. The van der Waals surface area contributed by atoms with Crippen molar-refractivity contribution in [3.8, 4) is 0 Å². The van der Waals surface area contributed by atoms with Crippen molar-refractivity contribution in [2.24, 2.45) is 5.92 Å². The third kappa shape index (κ3) is 3.64. The second-order valence-electron chi connectivity index (χ2n) is 7.19. The summed E-state index contributed by atoms with van der Waals surface area (Å²) in [5, 5.41) is 4.12. The topological polar surface area (TPSA) is 45.2 Å². The van der Waals surface area contributed by atoms with Gasteiger partial charge in [-0.2, -0.15) is 0 Å². The van der Waals surface area contributed by atoms with Crippen LogP contribution in [0.4, 0.5) is 9.52 Å². The first kappa shape index (κ1) is 16.8. The van der Waals surface area contributed by atoms with Crippen LogP contribution >= 0.6 is 11.3 Å².